The molecule has 0 radical (unpaired) electrons. The van der Waals surface area contributed by atoms with Crippen molar-refractivity contribution in [2.24, 2.45) is 0 Å². The minimum Gasteiger partial charge on any atom is -0.300 e. The summed E-state index contributed by atoms with van der Waals surface area (Å²) in [6.45, 7) is 9.17. The van der Waals surface area contributed by atoms with Gasteiger partial charge in [-0.2, -0.15) is 5.10 Å². The smallest absolute Gasteiger partial charge is 0.195 e. The van der Waals surface area contributed by atoms with Crippen molar-refractivity contribution in [2.45, 2.75) is 39.7 Å². The quantitative estimate of drug-likeness (QED) is 0.852. The summed E-state index contributed by atoms with van der Waals surface area (Å²) in [7, 11) is 0. The molecule has 1 N–H and O–H groups in total. The van der Waals surface area contributed by atoms with Crippen molar-refractivity contribution in [3.8, 4) is 10.7 Å². The third-order valence-corrected chi connectivity index (χ3v) is 3.51. The average molecular weight is 269 g/mol. The summed E-state index contributed by atoms with van der Waals surface area (Å²) in [6.07, 6.45) is 0. The second-order valence-corrected chi connectivity index (χ2v) is 5.94. The van der Waals surface area contributed by atoms with Crippen LogP contribution in [0.15, 0.2) is 0 Å². The topological polar surface area (TPSA) is 59.4 Å². The van der Waals surface area contributed by atoms with Crippen LogP contribution in [0, 0.1) is 4.77 Å². The normalized spacial score (nSPS) is 12.0. The monoisotopic (exact) mass is 269 g/mol. The molecule has 92 valence electrons. The first-order chi connectivity index (χ1) is 7.95. The Kier molecular flexibility index (Phi) is 3.13. The lowest BCUT2D eigenvalue weighted by molar-refractivity contribution is 0.567. The van der Waals surface area contributed by atoms with E-state index in [9.17, 15) is 0 Å². The molecule has 2 heterocycles. The highest BCUT2D eigenvalue weighted by Crippen LogP contribution is 2.32. The molecule has 0 saturated carbocycles. The first kappa shape index (κ1) is 12.4. The van der Waals surface area contributed by atoms with Crippen molar-refractivity contribution in [1.82, 2.24) is 24.4 Å². The molecule has 2 aromatic rings. The Balaban J connectivity index is 2.62. The van der Waals surface area contributed by atoms with Gasteiger partial charge in [-0.25, -0.2) is 0 Å². The van der Waals surface area contributed by atoms with E-state index in [4.69, 9.17) is 12.2 Å². The zero-order chi connectivity index (χ0) is 12.6. The molecule has 0 aliphatic heterocycles. The molecule has 0 unspecified atom stereocenters. The highest BCUT2D eigenvalue weighted by atomic mass is 32.1. The SMILES string of the molecule is CCn1c(-c2snnc2C(C)(C)C)n[nH]c1=S. The minimum atomic E-state index is -0.0471. The third kappa shape index (κ3) is 2.16. The Morgan fingerprint density at radius 2 is 2.12 bits per heavy atom. The molecule has 0 spiro atoms. The van der Waals surface area contributed by atoms with E-state index in [1.165, 1.54) is 11.5 Å². The van der Waals surface area contributed by atoms with Crippen molar-refractivity contribution >= 4 is 23.8 Å². The van der Waals surface area contributed by atoms with Crippen LogP contribution in [0.25, 0.3) is 10.7 Å². The second kappa shape index (κ2) is 4.30. The van der Waals surface area contributed by atoms with Gasteiger partial charge in [-0.05, 0) is 30.7 Å². The van der Waals surface area contributed by atoms with Crippen LogP contribution in [0.3, 0.4) is 0 Å². The standard InChI is InChI=1S/C10H15N5S2/c1-5-15-8(12-13-9(15)16)6-7(10(2,3)4)11-14-17-6/h5H2,1-4H3,(H,13,16). The molecule has 0 fully saturated rings. The number of nitrogens with one attached hydrogen (secondary N) is 1. The van der Waals surface area contributed by atoms with E-state index in [1.807, 2.05) is 11.5 Å². The predicted octanol–water partition coefficient (Wildman–Crippen LogP) is 2.78. The Labute approximate surface area is 109 Å². The number of aromatic nitrogens is 5. The van der Waals surface area contributed by atoms with Crippen LogP contribution >= 0.6 is 23.8 Å². The fourth-order valence-corrected chi connectivity index (χ4v) is 2.75. The van der Waals surface area contributed by atoms with Gasteiger partial charge in [0.15, 0.2) is 10.6 Å². The van der Waals surface area contributed by atoms with Gasteiger partial charge >= 0.3 is 0 Å². The molecule has 17 heavy (non-hydrogen) atoms. The molecule has 2 aromatic heterocycles. The van der Waals surface area contributed by atoms with Crippen molar-refractivity contribution in [3.05, 3.63) is 10.5 Å². The molecule has 7 heteroatoms. The minimum absolute atomic E-state index is 0.0471. The Hall–Kier alpha value is -1.08. The lowest BCUT2D eigenvalue weighted by atomic mass is 9.91. The first-order valence-corrected chi connectivity index (χ1v) is 6.61. The van der Waals surface area contributed by atoms with E-state index >= 15 is 0 Å². The highest BCUT2D eigenvalue weighted by molar-refractivity contribution is 7.71. The van der Waals surface area contributed by atoms with Crippen molar-refractivity contribution in [3.63, 3.8) is 0 Å². The lowest BCUT2D eigenvalue weighted by Gasteiger charge is -2.16. The van der Waals surface area contributed by atoms with Gasteiger partial charge < -0.3 is 0 Å². The predicted molar refractivity (Wildman–Crippen MR) is 70.7 cm³/mol. The maximum Gasteiger partial charge on any atom is 0.195 e. The van der Waals surface area contributed by atoms with E-state index in [2.05, 4.69) is 40.6 Å². The summed E-state index contributed by atoms with van der Waals surface area (Å²) >= 11 is 6.55. The number of hydrogen-bond donors (Lipinski definition) is 1. The van der Waals surface area contributed by atoms with E-state index in [1.54, 1.807) is 0 Å². The summed E-state index contributed by atoms with van der Waals surface area (Å²) < 4.78 is 6.63. The zero-order valence-corrected chi connectivity index (χ0v) is 11.9. The number of rotatable bonds is 2. The maximum absolute atomic E-state index is 5.19. The first-order valence-electron chi connectivity index (χ1n) is 5.43. The molecule has 0 amide bonds. The van der Waals surface area contributed by atoms with E-state index in [0.717, 1.165) is 22.9 Å². The van der Waals surface area contributed by atoms with Crippen LogP contribution in [-0.2, 0) is 12.0 Å². The van der Waals surface area contributed by atoms with Gasteiger partial charge in [0.05, 0.1) is 5.69 Å². The Morgan fingerprint density at radius 3 is 2.71 bits per heavy atom. The number of H-pyrrole nitrogens is 1. The van der Waals surface area contributed by atoms with Crippen molar-refractivity contribution in [2.75, 3.05) is 0 Å². The van der Waals surface area contributed by atoms with Gasteiger partial charge in [-0.15, -0.1) is 5.10 Å². The molecular formula is C10H15N5S2. The van der Waals surface area contributed by atoms with E-state index < -0.39 is 0 Å². The van der Waals surface area contributed by atoms with Crippen molar-refractivity contribution < 1.29 is 0 Å². The average Bonchev–Trinajstić information content (AvgIpc) is 2.81. The molecule has 5 nitrogen and oxygen atoms in total. The fraction of sp³-hybridized carbons (Fsp3) is 0.600. The van der Waals surface area contributed by atoms with Gasteiger partial charge in [-0.1, -0.05) is 25.3 Å². The number of nitrogens with zero attached hydrogens (tertiary/aromatic N) is 4. The van der Waals surface area contributed by atoms with Crippen LogP contribution < -0.4 is 0 Å². The molecule has 2 rings (SSSR count). The van der Waals surface area contributed by atoms with E-state index in [0.29, 0.717) is 4.77 Å². The number of hydrogen-bond acceptors (Lipinski definition) is 5. The van der Waals surface area contributed by atoms with Crippen LogP contribution in [0.4, 0.5) is 0 Å². The van der Waals surface area contributed by atoms with Crippen LogP contribution in [0.5, 0.6) is 0 Å². The Morgan fingerprint density at radius 1 is 1.41 bits per heavy atom. The van der Waals surface area contributed by atoms with Crippen LogP contribution in [0.1, 0.15) is 33.4 Å². The molecule has 0 atom stereocenters. The van der Waals surface area contributed by atoms with Gasteiger partial charge in [0.1, 0.15) is 4.88 Å². The molecule has 0 bridgehead atoms. The zero-order valence-electron chi connectivity index (χ0n) is 10.3. The molecule has 0 aliphatic rings. The molecule has 0 saturated heterocycles. The van der Waals surface area contributed by atoms with Crippen LogP contribution in [-0.4, -0.2) is 24.4 Å². The molecular weight excluding hydrogens is 254 g/mol. The Bertz CT molecular complexity index is 572. The summed E-state index contributed by atoms with van der Waals surface area (Å²) in [4.78, 5) is 0.992. The number of aromatic amines is 1. The van der Waals surface area contributed by atoms with Gasteiger partial charge in [0.2, 0.25) is 0 Å². The summed E-state index contributed by atoms with van der Waals surface area (Å²) in [5, 5.41) is 11.3. The molecule has 0 aliphatic carbocycles. The lowest BCUT2D eigenvalue weighted by Crippen LogP contribution is -2.14. The molecule has 0 aromatic carbocycles. The third-order valence-electron chi connectivity index (χ3n) is 2.48. The summed E-state index contributed by atoms with van der Waals surface area (Å²) in [5.41, 5.74) is 0.917. The van der Waals surface area contributed by atoms with Gasteiger partial charge in [0.25, 0.3) is 0 Å². The summed E-state index contributed by atoms with van der Waals surface area (Å²) in [6, 6.07) is 0. The largest absolute Gasteiger partial charge is 0.300 e. The van der Waals surface area contributed by atoms with E-state index in [-0.39, 0.29) is 5.41 Å². The van der Waals surface area contributed by atoms with Crippen LogP contribution in [0.2, 0.25) is 0 Å². The fourth-order valence-electron chi connectivity index (χ4n) is 1.61. The highest BCUT2D eigenvalue weighted by Gasteiger charge is 2.25. The maximum atomic E-state index is 5.19. The second-order valence-electron chi connectivity index (χ2n) is 4.80. The summed E-state index contributed by atoms with van der Waals surface area (Å²) in [5.74, 6) is 0.831. The van der Waals surface area contributed by atoms with Crippen molar-refractivity contribution in [1.29, 1.82) is 0 Å². The van der Waals surface area contributed by atoms with Gasteiger partial charge in [0, 0.05) is 12.0 Å². The van der Waals surface area contributed by atoms with Gasteiger partial charge in [-0.3, -0.25) is 9.67 Å².